The van der Waals surface area contributed by atoms with E-state index in [0.717, 1.165) is 16.9 Å². The summed E-state index contributed by atoms with van der Waals surface area (Å²) < 4.78 is 0. The van der Waals surface area contributed by atoms with E-state index in [1.165, 1.54) is 0 Å². The highest BCUT2D eigenvalue weighted by Crippen LogP contribution is 2.19. The van der Waals surface area contributed by atoms with Crippen LogP contribution in [0.25, 0.3) is 0 Å². The van der Waals surface area contributed by atoms with Crippen LogP contribution in [0, 0.1) is 6.92 Å². The summed E-state index contributed by atoms with van der Waals surface area (Å²) in [6, 6.07) is 5.47. The maximum absolute atomic E-state index is 11.2. The highest BCUT2D eigenvalue weighted by atomic mass is 32.1. The van der Waals surface area contributed by atoms with Gasteiger partial charge in [0.1, 0.15) is 0 Å². The van der Waals surface area contributed by atoms with Crippen LogP contribution in [0.15, 0.2) is 29.1 Å². The molecule has 88 valence electrons. The molecule has 1 heterocycles. The van der Waals surface area contributed by atoms with Gasteiger partial charge in [-0.3, -0.25) is 4.79 Å². The van der Waals surface area contributed by atoms with Crippen molar-refractivity contribution < 1.29 is 4.79 Å². The van der Waals surface area contributed by atoms with E-state index in [-0.39, 0.29) is 0 Å². The zero-order valence-electron chi connectivity index (χ0n) is 9.43. The molecule has 2 rings (SSSR count). The monoisotopic (exact) mass is 247 g/mol. The van der Waals surface area contributed by atoms with Gasteiger partial charge in [-0.15, -0.1) is 11.3 Å². The number of hydrogen-bond acceptors (Lipinski definition) is 4. The van der Waals surface area contributed by atoms with Crippen molar-refractivity contribution in [2.24, 2.45) is 5.73 Å². The summed E-state index contributed by atoms with van der Waals surface area (Å²) >= 11 is 1.56. The molecule has 2 aromatic rings. The first-order valence-electron chi connectivity index (χ1n) is 5.19. The first kappa shape index (κ1) is 11.6. The van der Waals surface area contributed by atoms with Gasteiger partial charge in [-0.1, -0.05) is 6.07 Å². The van der Waals surface area contributed by atoms with Crippen LogP contribution < -0.4 is 11.1 Å². The molecule has 0 spiro atoms. The topological polar surface area (TPSA) is 68.0 Å². The molecule has 1 amide bonds. The van der Waals surface area contributed by atoms with Crippen molar-refractivity contribution in [3.63, 3.8) is 0 Å². The number of anilines is 1. The normalized spacial score (nSPS) is 10.2. The van der Waals surface area contributed by atoms with Gasteiger partial charge in [0.25, 0.3) is 0 Å². The Balaban J connectivity index is 2.16. The van der Waals surface area contributed by atoms with E-state index in [1.807, 2.05) is 24.4 Å². The Kier molecular flexibility index (Phi) is 3.39. The molecule has 0 saturated carbocycles. The molecule has 5 heteroatoms. The van der Waals surface area contributed by atoms with E-state index in [0.29, 0.717) is 12.1 Å². The fraction of sp³-hybridized carbons (Fsp3) is 0.167. The van der Waals surface area contributed by atoms with Crippen molar-refractivity contribution in [1.82, 2.24) is 4.98 Å². The van der Waals surface area contributed by atoms with Gasteiger partial charge >= 0.3 is 0 Å². The third-order valence-corrected chi connectivity index (χ3v) is 3.18. The van der Waals surface area contributed by atoms with Gasteiger partial charge in [0.15, 0.2) is 0 Å². The van der Waals surface area contributed by atoms with Gasteiger partial charge in [0.05, 0.1) is 17.7 Å². The molecule has 0 bridgehead atoms. The van der Waals surface area contributed by atoms with Crippen molar-refractivity contribution in [3.05, 3.63) is 45.9 Å². The number of carbonyl (C=O) groups is 1. The number of carbonyl (C=O) groups excluding carboxylic acids is 1. The smallest absolute Gasteiger partial charge is 0.249 e. The van der Waals surface area contributed by atoms with Gasteiger partial charge in [0, 0.05) is 16.6 Å². The summed E-state index contributed by atoms with van der Waals surface area (Å²) in [5.41, 5.74) is 10.4. The molecule has 0 saturated heterocycles. The van der Waals surface area contributed by atoms with Crippen molar-refractivity contribution in [3.8, 4) is 0 Å². The minimum atomic E-state index is -0.403. The van der Waals surface area contributed by atoms with Crippen LogP contribution in [0.3, 0.4) is 0 Å². The average Bonchev–Trinajstić information content (AvgIpc) is 2.80. The molecule has 0 aliphatic carbocycles. The Bertz CT molecular complexity index is 523. The zero-order chi connectivity index (χ0) is 12.3. The molecular formula is C12H13N3OS. The number of nitrogens with two attached hydrogens (primary N) is 1. The van der Waals surface area contributed by atoms with E-state index in [4.69, 9.17) is 5.73 Å². The summed E-state index contributed by atoms with van der Waals surface area (Å²) in [6.07, 6.45) is 0. The maximum Gasteiger partial charge on any atom is 0.249 e. The average molecular weight is 247 g/mol. The summed E-state index contributed by atoms with van der Waals surface area (Å²) in [5, 5.41) is 5.23. The van der Waals surface area contributed by atoms with Crippen LogP contribution in [0.5, 0.6) is 0 Å². The molecule has 0 aliphatic heterocycles. The van der Waals surface area contributed by atoms with E-state index >= 15 is 0 Å². The fourth-order valence-corrected chi connectivity index (χ4v) is 2.16. The van der Waals surface area contributed by atoms with Crippen molar-refractivity contribution >= 4 is 22.9 Å². The predicted octanol–water partition coefficient (Wildman–Crippen LogP) is 2.16. The van der Waals surface area contributed by atoms with Crippen LogP contribution in [0.1, 0.15) is 21.6 Å². The second kappa shape index (κ2) is 4.97. The third kappa shape index (κ3) is 2.62. The number of primary amides is 1. The van der Waals surface area contributed by atoms with Gasteiger partial charge in [0.2, 0.25) is 5.91 Å². The second-order valence-corrected chi connectivity index (χ2v) is 4.39. The quantitative estimate of drug-likeness (QED) is 0.870. The van der Waals surface area contributed by atoms with Crippen LogP contribution in [0.2, 0.25) is 0 Å². The van der Waals surface area contributed by atoms with E-state index in [9.17, 15) is 4.79 Å². The molecule has 0 atom stereocenters. The summed E-state index contributed by atoms with van der Waals surface area (Å²) in [4.78, 5) is 15.4. The largest absolute Gasteiger partial charge is 0.379 e. The number of thiazole rings is 1. The van der Waals surface area contributed by atoms with Crippen molar-refractivity contribution in [2.45, 2.75) is 13.5 Å². The summed E-state index contributed by atoms with van der Waals surface area (Å²) in [5.74, 6) is -0.403. The van der Waals surface area contributed by atoms with Crippen LogP contribution >= 0.6 is 11.3 Å². The minimum absolute atomic E-state index is 0.403. The lowest BCUT2D eigenvalue weighted by Gasteiger charge is -2.10. The van der Waals surface area contributed by atoms with Crippen LogP contribution in [-0.4, -0.2) is 10.9 Å². The predicted molar refractivity (Wildman–Crippen MR) is 69.1 cm³/mol. The molecule has 4 nitrogen and oxygen atoms in total. The summed E-state index contributed by atoms with van der Waals surface area (Å²) in [6.45, 7) is 2.52. The SMILES string of the molecule is Cc1c(NCc2cscn2)cccc1C(N)=O. The lowest BCUT2D eigenvalue weighted by atomic mass is 10.1. The van der Waals surface area contributed by atoms with Gasteiger partial charge in [-0.05, 0) is 24.6 Å². The number of rotatable bonds is 4. The Labute approximate surface area is 103 Å². The number of nitrogens with one attached hydrogen (secondary N) is 1. The Morgan fingerprint density at radius 3 is 3.00 bits per heavy atom. The molecule has 0 fully saturated rings. The highest BCUT2D eigenvalue weighted by molar-refractivity contribution is 7.07. The van der Waals surface area contributed by atoms with E-state index in [2.05, 4.69) is 10.3 Å². The number of hydrogen-bond donors (Lipinski definition) is 2. The second-order valence-electron chi connectivity index (χ2n) is 3.68. The molecule has 1 aromatic carbocycles. The molecule has 0 aliphatic rings. The lowest BCUT2D eigenvalue weighted by Crippen LogP contribution is -2.13. The molecule has 1 aromatic heterocycles. The molecule has 17 heavy (non-hydrogen) atoms. The van der Waals surface area contributed by atoms with Crippen LogP contribution in [0.4, 0.5) is 5.69 Å². The van der Waals surface area contributed by atoms with Crippen molar-refractivity contribution in [2.75, 3.05) is 5.32 Å². The molecule has 0 unspecified atom stereocenters. The van der Waals surface area contributed by atoms with E-state index in [1.54, 1.807) is 22.9 Å². The number of aromatic nitrogens is 1. The first-order chi connectivity index (χ1) is 8.18. The number of nitrogens with zero attached hydrogens (tertiary/aromatic N) is 1. The minimum Gasteiger partial charge on any atom is -0.379 e. The molecule has 0 radical (unpaired) electrons. The molecular weight excluding hydrogens is 234 g/mol. The first-order valence-corrected chi connectivity index (χ1v) is 6.13. The molecule has 3 N–H and O–H groups in total. The number of amides is 1. The Morgan fingerprint density at radius 1 is 1.53 bits per heavy atom. The Morgan fingerprint density at radius 2 is 2.35 bits per heavy atom. The van der Waals surface area contributed by atoms with Crippen LogP contribution in [-0.2, 0) is 6.54 Å². The lowest BCUT2D eigenvalue weighted by molar-refractivity contribution is 0.1000. The van der Waals surface area contributed by atoms with E-state index < -0.39 is 5.91 Å². The summed E-state index contributed by atoms with van der Waals surface area (Å²) in [7, 11) is 0. The third-order valence-electron chi connectivity index (χ3n) is 2.54. The fourth-order valence-electron chi connectivity index (χ4n) is 1.60. The van der Waals surface area contributed by atoms with Crippen molar-refractivity contribution in [1.29, 1.82) is 0 Å². The zero-order valence-corrected chi connectivity index (χ0v) is 10.3. The van der Waals surface area contributed by atoms with Gasteiger partial charge in [-0.2, -0.15) is 0 Å². The Hall–Kier alpha value is -1.88. The highest BCUT2D eigenvalue weighted by Gasteiger charge is 2.08. The standard InChI is InChI=1S/C12H13N3OS/c1-8-10(12(13)16)3-2-4-11(8)14-5-9-6-17-7-15-9/h2-4,6-7,14H,5H2,1H3,(H2,13,16). The number of benzene rings is 1. The van der Waals surface area contributed by atoms with Gasteiger partial charge in [-0.25, -0.2) is 4.98 Å². The van der Waals surface area contributed by atoms with Gasteiger partial charge < -0.3 is 11.1 Å². The maximum atomic E-state index is 11.2.